The van der Waals surface area contributed by atoms with Gasteiger partial charge < -0.3 is 0 Å². The Morgan fingerprint density at radius 1 is 1.54 bits per heavy atom. The number of aromatic nitrogens is 2. The van der Waals surface area contributed by atoms with Crippen molar-refractivity contribution in [3.05, 3.63) is 18.5 Å². The van der Waals surface area contributed by atoms with Gasteiger partial charge in [-0.3, -0.25) is 4.55 Å². The molecule has 5 nitrogen and oxygen atoms in total. The van der Waals surface area contributed by atoms with Crippen molar-refractivity contribution >= 4 is 10.1 Å². The fourth-order valence-corrected chi connectivity index (χ4v) is 1.59. The molecular weight excluding hydrogens is 192 g/mol. The zero-order valence-electron chi connectivity index (χ0n) is 7.42. The Kier molecular flexibility index (Phi) is 3.05. The van der Waals surface area contributed by atoms with Crippen molar-refractivity contribution in [3.8, 4) is 0 Å². The number of aryl methyl sites for hydroxylation is 2. The largest absolute Gasteiger partial charge is 0.286 e. The summed E-state index contributed by atoms with van der Waals surface area (Å²) < 4.78 is 33.0. The molecule has 0 atom stereocenters. The van der Waals surface area contributed by atoms with Crippen molar-refractivity contribution < 1.29 is 17.7 Å². The van der Waals surface area contributed by atoms with E-state index >= 15 is 0 Å². The van der Waals surface area contributed by atoms with Gasteiger partial charge in [-0.1, -0.05) is 0 Å². The molecule has 74 valence electrons. The van der Waals surface area contributed by atoms with Crippen LogP contribution in [0.4, 0.5) is 0 Å². The van der Waals surface area contributed by atoms with Crippen molar-refractivity contribution in [2.75, 3.05) is 5.75 Å². The van der Waals surface area contributed by atoms with Crippen LogP contribution in [0.2, 0.25) is 0 Å². The maximum absolute atomic E-state index is 10.4. The van der Waals surface area contributed by atoms with Crippen LogP contribution < -0.4 is 4.68 Å². The summed E-state index contributed by atoms with van der Waals surface area (Å²) in [7, 11) is -1.94. The molecule has 0 aliphatic heterocycles. The normalized spacial score (nSPS) is 11.8. The van der Waals surface area contributed by atoms with Crippen LogP contribution in [-0.4, -0.2) is 23.4 Å². The Labute approximate surface area is 77.3 Å². The van der Waals surface area contributed by atoms with Crippen molar-refractivity contribution in [1.82, 2.24) is 4.68 Å². The van der Waals surface area contributed by atoms with Gasteiger partial charge in [0, 0.05) is 6.07 Å². The lowest BCUT2D eigenvalue weighted by Gasteiger charge is -1.98. The van der Waals surface area contributed by atoms with E-state index in [9.17, 15) is 8.42 Å². The van der Waals surface area contributed by atoms with Crippen LogP contribution in [0.1, 0.15) is 6.42 Å². The zero-order valence-corrected chi connectivity index (χ0v) is 8.24. The first-order valence-electron chi connectivity index (χ1n) is 3.95. The topological polar surface area (TPSA) is 63.2 Å². The average Bonchev–Trinajstić information content (AvgIpc) is 2.34. The van der Waals surface area contributed by atoms with E-state index in [1.807, 2.05) is 34.9 Å². The highest BCUT2D eigenvalue weighted by molar-refractivity contribution is 7.85. The molecule has 0 bridgehead atoms. The first-order chi connectivity index (χ1) is 5.99. The van der Waals surface area contributed by atoms with E-state index in [0.29, 0.717) is 13.0 Å². The minimum Gasteiger partial charge on any atom is -0.286 e. The second kappa shape index (κ2) is 3.89. The molecule has 0 saturated carbocycles. The summed E-state index contributed by atoms with van der Waals surface area (Å²) in [6.07, 6.45) is 4.14. The van der Waals surface area contributed by atoms with E-state index in [0.717, 1.165) is 0 Å². The van der Waals surface area contributed by atoms with Gasteiger partial charge in [0.25, 0.3) is 10.1 Å². The molecule has 1 heterocycles. The quantitative estimate of drug-likeness (QED) is 0.537. The lowest BCUT2D eigenvalue weighted by Crippen LogP contribution is -2.38. The molecule has 0 unspecified atom stereocenters. The Morgan fingerprint density at radius 3 is 2.69 bits per heavy atom. The Hall–Kier alpha value is -0.880. The molecule has 0 fully saturated rings. The summed E-state index contributed by atoms with van der Waals surface area (Å²) >= 11 is 0. The highest BCUT2D eigenvalue weighted by Crippen LogP contribution is 1.91. The SMILES string of the molecule is C[n+]1cccn1CCCS(=O)(=O)O. The maximum Gasteiger partial charge on any atom is 0.264 e. The fraction of sp³-hybridized carbons (Fsp3) is 0.571. The summed E-state index contributed by atoms with van der Waals surface area (Å²) in [5, 5.41) is 0. The highest BCUT2D eigenvalue weighted by Gasteiger charge is 2.06. The second-order valence-electron chi connectivity index (χ2n) is 2.87. The van der Waals surface area contributed by atoms with E-state index in [-0.39, 0.29) is 5.75 Å². The van der Waals surface area contributed by atoms with Gasteiger partial charge in [0.15, 0.2) is 13.2 Å². The predicted molar refractivity (Wildman–Crippen MR) is 46.6 cm³/mol. The van der Waals surface area contributed by atoms with Crippen molar-refractivity contribution in [2.24, 2.45) is 7.05 Å². The monoisotopic (exact) mass is 205 g/mol. The lowest BCUT2D eigenvalue weighted by atomic mass is 10.5. The summed E-state index contributed by atoms with van der Waals surface area (Å²) in [6, 6.07) is 1.87. The van der Waals surface area contributed by atoms with Crippen LogP contribution in [0.15, 0.2) is 18.5 Å². The predicted octanol–water partition coefficient (Wildman–Crippen LogP) is -0.410. The second-order valence-corrected chi connectivity index (χ2v) is 4.44. The number of nitrogens with zero attached hydrogens (tertiary/aromatic N) is 2. The molecule has 1 rings (SSSR count). The fourth-order valence-electron chi connectivity index (χ4n) is 1.09. The van der Waals surface area contributed by atoms with Gasteiger partial charge in [-0.25, -0.2) is 0 Å². The third kappa shape index (κ3) is 3.56. The van der Waals surface area contributed by atoms with Gasteiger partial charge in [0.05, 0.1) is 18.5 Å². The molecule has 0 amide bonds. The summed E-state index contributed by atoms with van der Waals surface area (Å²) in [5.41, 5.74) is 0. The number of hydrogen-bond donors (Lipinski definition) is 1. The minimum atomic E-state index is -3.81. The third-order valence-electron chi connectivity index (χ3n) is 1.75. The van der Waals surface area contributed by atoms with Gasteiger partial charge >= 0.3 is 0 Å². The summed E-state index contributed by atoms with van der Waals surface area (Å²) in [5.74, 6) is -0.189. The molecule has 13 heavy (non-hydrogen) atoms. The van der Waals surface area contributed by atoms with Gasteiger partial charge in [-0.2, -0.15) is 13.1 Å². The van der Waals surface area contributed by atoms with Crippen LogP contribution in [0, 0.1) is 0 Å². The molecule has 1 N–H and O–H groups in total. The smallest absolute Gasteiger partial charge is 0.264 e. The highest BCUT2D eigenvalue weighted by atomic mass is 32.2. The lowest BCUT2D eigenvalue weighted by molar-refractivity contribution is -0.753. The van der Waals surface area contributed by atoms with Crippen LogP contribution in [0.5, 0.6) is 0 Å². The van der Waals surface area contributed by atoms with Crippen molar-refractivity contribution in [2.45, 2.75) is 13.0 Å². The molecule has 1 aromatic heterocycles. The Morgan fingerprint density at radius 2 is 2.23 bits per heavy atom. The van der Waals surface area contributed by atoms with Gasteiger partial charge in [-0.05, 0) is 6.42 Å². The molecule has 0 aromatic carbocycles. The molecule has 1 aromatic rings. The molecule has 0 radical (unpaired) electrons. The van der Waals surface area contributed by atoms with Crippen LogP contribution in [-0.2, 0) is 23.7 Å². The van der Waals surface area contributed by atoms with E-state index in [1.54, 1.807) is 0 Å². The number of hydrogen-bond acceptors (Lipinski definition) is 2. The molecule has 0 saturated heterocycles. The van der Waals surface area contributed by atoms with Crippen molar-refractivity contribution in [1.29, 1.82) is 0 Å². The Bertz CT molecular complexity index is 369. The van der Waals surface area contributed by atoms with Gasteiger partial charge in [0.2, 0.25) is 0 Å². The zero-order chi connectivity index (χ0) is 9.90. The summed E-state index contributed by atoms with van der Waals surface area (Å²) in [6.45, 7) is 0.587. The van der Waals surface area contributed by atoms with Gasteiger partial charge in [-0.15, -0.1) is 4.68 Å². The molecular formula is C7H13N2O3S+. The molecule has 6 heteroatoms. The van der Waals surface area contributed by atoms with E-state index in [1.165, 1.54) is 0 Å². The van der Waals surface area contributed by atoms with E-state index < -0.39 is 10.1 Å². The molecule has 0 aliphatic rings. The standard InChI is InChI=1S/C7H12N2O3S/c1-8-4-2-5-9(8)6-3-7-13(10,11)12/h2,4-5H,3,6-7H2,1H3/p+1. The minimum absolute atomic E-state index is 0.189. The third-order valence-corrected chi connectivity index (χ3v) is 2.56. The summed E-state index contributed by atoms with van der Waals surface area (Å²) in [4.78, 5) is 0. The van der Waals surface area contributed by atoms with Crippen LogP contribution >= 0.6 is 0 Å². The van der Waals surface area contributed by atoms with Gasteiger partial charge in [0.1, 0.15) is 0 Å². The first-order valence-corrected chi connectivity index (χ1v) is 5.56. The van der Waals surface area contributed by atoms with E-state index in [2.05, 4.69) is 0 Å². The molecule has 0 spiro atoms. The first kappa shape index (κ1) is 10.2. The van der Waals surface area contributed by atoms with Crippen molar-refractivity contribution in [3.63, 3.8) is 0 Å². The Balaban J connectivity index is 2.41. The van der Waals surface area contributed by atoms with E-state index in [4.69, 9.17) is 4.55 Å². The molecule has 0 aliphatic carbocycles. The maximum atomic E-state index is 10.4. The van der Waals surface area contributed by atoms with Crippen LogP contribution in [0.25, 0.3) is 0 Å². The number of rotatable bonds is 4. The average molecular weight is 205 g/mol. The van der Waals surface area contributed by atoms with Crippen LogP contribution in [0.3, 0.4) is 0 Å².